The van der Waals surface area contributed by atoms with Gasteiger partial charge in [-0.1, -0.05) is 19.0 Å². The third kappa shape index (κ3) is 2.54. The molecule has 72 valence electrons. The number of halogens is 1. The normalized spacial score (nSPS) is 12.9. The van der Waals surface area contributed by atoms with Gasteiger partial charge < -0.3 is 9.84 Å². The summed E-state index contributed by atoms with van der Waals surface area (Å²) in [5.74, 6) is -0.802. The fraction of sp³-hybridized carbons (Fsp3) is 0.500. The Morgan fingerprint density at radius 2 is 2.38 bits per heavy atom. The van der Waals surface area contributed by atoms with Crippen molar-refractivity contribution in [2.24, 2.45) is 5.92 Å². The summed E-state index contributed by atoms with van der Waals surface area (Å²) in [5, 5.41) is 5.71. The van der Waals surface area contributed by atoms with Crippen LogP contribution in [0.15, 0.2) is 16.9 Å². The van der Waals surface area contributed by atoms with Gasteiger partial charge in [-0.05, 0) is 5.92 Å². The average molecular weight is 186 g/mol. The summed E-state index contributed by atoms with van der Waals surface area (Å²) in [6, 6.07) is 1.45. The second kappa shape index (κ2) is 4.02. The lowest BCUT2D eigenvalue weighted by atomic mass is 10.1. The van der Waals surface area contributed by atoms with Gasteiger partial charge in [0.25, 0.3) is 5.91 Å². The molecule has 5 heteroatoms. The van der Waals surface area contributed by atoms with E-state index in [0.717, 1.165) is 0 Å². The lowest BCUT2D eigenvalue weighted by Gasteiger charge is -2.09. The molecule has 0 spiro atoms. The Balaban J connectivity index is 2.51. The summed E-state index contributed by atoms with van der Waals surface area (Å²) < 4.78 is 17.5. The summed E-state index contributed by atoms with van der Waals surface area (Å²) in [6.45, 7) is 3.26. The molecule has 0 radical (unpaired) electrons. The molecule has 0 saturated heterocycles. The maximum atomic E-state index is 13.0. The van der Waals surface area contributed by atoms with E-state index in [1.807, 2.05) is 0 Å². The van der Waals surface area contributed by atoms with E-state index in [0.29, 0.717) is 0 Å². The Hall–Kier alpha value is -1.39. The number of hydrogen-bond acceptors (Lipinski definition) is 3. The topological polar surface area (TPSA) is 55.1 Å². The molecule has 0 aliphatic carbocycles. The van der Waals surface area contributed by atoms with Crippen LogP contribution in [-0.4, -0.2) is 17.2 Å². The zero-order chi connectivity index (χ0) is 9.84. The van der Waals surface area contributed by atoms with Crippen molar-refractivity contribution in [3.63, 3.8) is 0 Å². The van der Waals surface area contributed by atoms with Gasteiger partial charge in [-0.25, -0.2) is 4.39 Å². The zero-order valence-electron chi connectivity index (χ0n) is 7.45. The van der Waals surface area contributed by atoms with Gasteiger partial charge in [-0.15, -0.1) is 0 Å². The van der Waals surface area contributed by atoms with Crippen molar-refractivity contribution in [1.29, 1.82) is 0 Å². The minimum absolute atomic E-state index is 0.230. The van der Waals surface area contributed by atoms with Gasteiger partial charge in [0.2, 0.25) is 0 Å². The first-order valence-electron chi connectivity index (χ1n) is 3.96. The van der Waals surface area contributed by atoms with Gasteiger partial charge in [-0.2, -0.15) is 0 Å². The van der Waals surface area contributed by atoms with E-state index < -0.39 is 12.1 Å². The van der Waals surface area contributed by atoms with E-state index in [-0.39, 0.29) is 11.7 Å². The van der Waals surface area contributed by atoms with Crippen molar-refractivity contribution in [3.8, 4) is 0 Å². The SMILES string of the molecule is CC(C)C(F)C(=O)Nc1ccon1. The van der Waals surface area contributed by atoms with E-state index in [1.54, 1.807) is 13.8 Å². The Bertz CT molecular complexity index is 272. The molecule has 0 fully saturated rings. The molecule has 1 atom stereocenters. The van der Waals surface area contributed by atoms with Crippen LogP contribution in [0.2, 0.25) is 0 Å². The third-order valence-electron chi connectivity index (χ3n) is 1.52. The Kier molecular flexibility index (Phi) is 3.00. The molecule has 1 rings (SSSR count). The van der Waals surface area contributed by atoms with Crippen LogP contribution in [0, 0.1) is 5.92 Å². The highest BCUT2D eigenvalue weighted by atomic mass is 19.1. The van der Waals surface area contributed by atoms with Crippen LogP contribution in [-0.2, 0) is 4.79 Å². The minimum Gasteiger partial charge on any atom is -0.363 e. The summed E-state index contributed by atoms with van der Waals surface area (Å²) in [4.78, 5) is 11.1. The molecule has 13 heavy (non-hydrogen) atoms. The molecule has 0 saturated carbocycles. The summed E-state index contributed by atoms with van der Waals surface area (Å²) in [6.07, 6.45) is -0.213. The molecular weight excluding hydrogens is 175 g/mol. The monoisotopic (exact) mass is 186 g/mol. The maximum absolute atomic E-state index is 13.0. The van der Waals surface area contributed by atoms with Crippen LogP contribution in [0.4, 0.5) is 10.2 Å². The van der Waals surface area contributed by atoms with Crippen LogP contribution in [0.3, 0.4) is 0 Å². The minimum atomic E-state index is -1.52. The number of anilines is 1. The lowest BCUT2D eigenvalue weighted by molar-refractivity contribution is -0.122. The van der Waals surface area contributed by atoms with Gasteiger partial charge in [0.05, 0.1) is 0 Å². The Morgan fingerprint density at radius 3 is 2.85 bits per heavy atom. The fourth-order valence-corrected chi connectivity index (χ4v) is 0.775. The average Bonchev–Trinajstić information content (AvgIpc) is 2.55. The van der Waals surface area contributed by atoms with Gasteiger partial charge >= 0.3 is 0 Å². The van der Waals surface area contributed by atoms with Crippen molar-refractivity contribution < 1.29 is 13.7 Å². The van der Waals surface area contributed by atoms with Crippen LogP contribution in [0.25, 0.3) is 0 Å². The lowest BCUT2D eigenvalue weighted by Crippen LogP contribution is -2.28. The molecule has 1 heterocycles. The highest BCUT2D eigenvalue weighted by Crippen LogP contribution is 2.09. The van der Waals surface area contributed by atoms with Gasteiger partial charge in [-0.3, -0.25) is 4.79 Å². The summed E-state index contributed by atoms with van der Waals surface area (Å²) in [7, 11) is 0. The highest BCUT2D eigenvalue weighted by Gasteiger charge is 2.21. The number of alkyl halides is 1. The van der Waals surface area contributed by atoms with Gasteiger partial charge in [0.15, 0.2) is 12.0 Å². The van der Waals surface area contributed by atoms with Crippen LogP contribution in [0.5, 0.6) is 0 Å². The van der Waals surface area contributed by atoms with E-state index in [4.69, 9.17) is 0 Å². The standard InChI is InChI=1S/C8H11FN2O2/c1-5(2)7(9)8(12)10-6-3-4-13-11-6/h3-5,7H,1-2H3,(H,10,11,12). The second-order valence-corrected chi connectivity index (χ2v) is 3.02. The summed E-state index contributed by atoms with van der Waals surface area (Å²) in [5.41, 5.74) is 0. The van der Waals surface area contributed by atoms with Crippen LogP contribution in [0.1, 0.15) is 13.8 Å². The first kappa shape index (κ1) is 9.70. The number of carbonyl (C=O) groups excluding carboxylic acids is 1. The first-order valence-corrected chi connectivity index (χ1v) is 3.96. The van der Waals surface area contributed by atoms with Crippen molar-refractivity contribution in [3.05, 3.63) is 12.3 Å². The predicted molar refractivity (Wildman–Crippen MR) is 44.9 cm³/mol. The summed E-state index contributed by atoms with van der Waals surface area (Å²) >= 11 is 0. The molecule has 0 bridgehead atoms. The van der Waals surface area contributed by atoms with E-state index in [2.05, 4.69) is 15.0 Å². The predicted octanol–water partition coefficient (Wildman–Crippen LogP) is 1.61. The van der Waals surface area contributed by atoms with Gasteiger partial charge in [0, 0.05) is 6.07 Å². The smallest absolute Gasteiger partial charge is 0.260 e. The van der Waals surface area contributed by atoms with Crippen molar-refractivity contribution in [1.82, 2.24) is 5.16 Å². The van der Waals surface area contributed by atoms with Gasteiger partial charge in [0.1, 0.15) is 6.26 Å². The molecule has 1 N–H and O–H groups in total. The number of hydrogen-bond donors (Lipinski definition) is 1. The number of amides is 1. The Morgan fingerprint density at radius 1 is 1.69 bits per heavy atom. The maximum Gasteiger partial charge on any atom is 0.260 e. The molecule has 1 amide bonds. The quantitative estimate of drug-likeness (QED) is 0.780. The van der Waals surface area contributed by atoms with Crippen molar-refractivity contribution >= 4 is 11.7 Å². The number of nitrogens with one attached hydrogen (secondary N) is 1. The van der Waals surface area contributed by atoms with E-state index in [9.17, 15) is 9.18 Å². The van der Waals surface area contributed by atoms with Crippen LogP contribution < -0.4 is 5.32 Å². The highest BCUT2D eigenvalue weighted by molar-refractivity contribution is 5.93. The number of carbonyl (C=O) groups is 1. The zero-order valence-corrected chi connectivity index (χ0v) is 7.45. The van der Waals surface area contributed by atoms with Crippen molar-refractivity contribution in [2.45, 2.75) is 20.0 Å². The largest absolute Gasteiger partial charge is 0.363 e. The molecular formula is C8H11FN2O2. The molecule has 0 aliphatic heterocycles. The third-order valence-corrected chi connectivity index (χ3v) is 1.52. The Labute approximate surface area is 75.1 Å². The molecule has 1 unspecified atom stereocenters. The molecule has 1 aromatic heterocycles. The number of aromatic nitrogens is 1. The fourth-order valence-electron chi connectivity index (χ4n) is 0.775. The first-order chi connectivity index (χ1) is 6.11. The molecule has 0 aliphatic rings. The molecule has 0 aromatic carbocycles. The van der Waals surface area contributed by atoms with Crippen molar-refractivity contribution in [2.75, 3.05) is 5.32 Å². The van der Waals surface area contributed by atoms with E-state index >= 15 is 0 Å². The number of nitrogens with zero attached hydrogens (tertiary/aromatic N) is 1. The molecule has 1 aromatic rings. The van der Waals surface area contributed by atoms with E-state index in [1.165, 1.54) is 12.3 Å². The molecule has 4 nitrogen and oxygen atoms in total. The number of rotatable bonds is 3. The second-order valence-electron chi connectivity index (χ2n) is 3.02. The van der Waals surface area contributed by atoms with Crippen LogP contribution >= 0.6 is 0 Å².